The number of amides is 1. The van der Waals surface area contributed by atoms with Gasteiger partial charge in [-0.25, -0.2) is 32.7 Å². The fraction of sp³-hybridized carbons (Fsp3) is 0.345. The van der Waals surface area contributed by atoms with Gasteiger partial charge in [0.25, 0.3) is 5.91 Å². The summed E-state index contributed by atoms with van der Waals surface area (Å²) in [4.78, 5) is 31.9. The van der Waals surface area contributed by atoms with Crippen LogP contribution < -0.4 is 10.5 Å². The number of nitrogens with two attached hydrogens (primary N) is 1. The lowest BCUT2D eigenvalue weighted by atomic mass is 10.0. The van der Waals surface area contributed by atoms with Crippen molar-refractivity contribution in [3.05, 3.63) is 60.2 Å². The first kappa shape index (κ1) is 32.3. The Labute approximate surface area is 263 Å². The van der Waals surface area contributed by atoms with Crippen molar-refractivity contribution in [3.63, 3.8) is 0 Å². The molecule has 4 heterocycles. The minimum absolute atomic E-state index is 0.0612. The zero-order chi connectivity index (χ0) is 33.2. The largest absolute Gasteiger partial charge is 0.494 e. The van der Waals surface area contributed by atoms with Crippen LogP contribution in [-0.2, 0) is 16.3 Å². The number of benzene rings is 1. The lowest BCUT2D eigenvalue weighted by molar-refractivity contribution is 0.0650. The molecular formula is C29H32F2N10O4S. The number of halogens is 2. The maximum atomic E-state index is 14.7. The van der Waals surface area contributed by atoms with Crippen molar-refractivity contribution in [3.8, 4) is 28.3 Å². The highest BCUT2D eigenvalue weighted by Crippen LogP contribution is 2.32. The Bertz CT molecular complexity index is 1980. The number of aromatic amines is 1. The molecular weight excluding hydrogens is 622 g/mol. The third-order valence-corrected chi connectivity index (χ3v) is 8.70. The van der Waals surface area contributed by atoms with Crippen LogP contribution in [0.1, 0.15) is 49.4 Å². The number of rotatable bonds is 12. The van der Waals surface area contributed by atoms with Crippen LogP contribution in [0.5, 0.6) is 5.75 Å². The molecule has 0 aliphatic heterocycles. The van der Waals surface area contributed by atoms with Crippen molar-refractivity contribution >= 4 is 27.2 Å². The summed E-state index contributed by atoms with van der Waals surface area (Å²) in [5.74, 6) is -2.94. The summed E-state index contributed by atoms with van der Waals surface area (Å²) in [5, 5.41) is 10.6. The standard InChI is InChI=1S/C29H32F2N10O4S/c1-5-11-40(29(42)27-35-15-36-39-27)17(6-2)7-9-20-24(46(4,43)44)25(32)41-28(38-20)19(14-37-41)16-12-33-26(34-13-16)18-8-10-21(45-3)23(31)22(18)30/h8,10,12-15,17H,5-7,9,11,32H2,1-4H3,(H,35,36,39)/t17-/m1/s1. The quantitative estimate of drug-likeness (QED) is 0.200. The molecule has 0 aliphatic rings. The van der Waals surface area contributed by atoms with Crippen LogP contribution in [-0.4, -0.2) is 84.9 Å². The van der Waals surface area contributed by atoms with E-state index in [9.17, 15) is 22.0 Å². The lowest BCUT2D eigenvalue weighted by Crippen LogP contribution is -2.41. The van der Waals surface area contributed by atoms with Gasteiger partial charge in [-0.3, -0.25) is 9.89 Å². The normalized spacial score (nSPS) is 12.4. The first-order valence-electron chi connectivity index (χ1n) is 14.4. The molecule has 5 aromatic rings. The van der Waals surface area contributed by atoms with Crippen LogP contribution in [0.25, 0.3) is 28.2 Å². The van der Waals surface area contributed by atoms with Crippen molar-refractivity contribution in [1.82, 2.24) is 44.6 Å². The number of carbonyl (C=O) groups is 1. The van der Waals surface area contributed by atoms with Crippen LogP contribution in [0.3, 0.4) is 0 Å². The van der Waals surface area contributed by atoms with Crippen molar-refractivity contribution in [2.75, 3.05) is 25.6 Å². The van der Waals surface area contributed by atoms with Gasteiger partial charge in [-0.15, -0.1) is 0 Å². The summed E-state index contributed by atoms with van der Waals surface area (Å²) < 4.78 is 60.9. The maximum absolute atomic E-state index is 14.7. The molecule has 0 spiro atoms. The summed E-state index contributed by atoms with van der Waals surface area (Å²) in [6.07, 6.45) is 8.38. The molecule has 0 saturated heterocycles. The summed E-state index contributed by atoms with van der Waals surface area (Å²) in [6, 6.07) is 2.32. The summed E-state index contributed by atoms with van der Waals surface area (Å²) >= 11 is 0. The number of hydrogen-bond donors (Lipinski definition) is 2. The molecule has 1 amide bonds. The predicted octanol–water partition coefficient (Wildman–Crippen LogP) is 3.51. The average molecular weight is 655 g/mol. The monoisotopic (exact) mass is 654 g/mol. The van der Waals surface area contributed by atoms with E-state index in [4.69, 9.17) is 15.5 Å². The smallest absolute Gasteiger partial charge is 0.291 e. The van der Waals surface area contributed by atoms with Gasteiger partial charge in [-0.2, -0.15) is 19.1 Å². The Balaban J connectivity index is 1.51. The van der Waals surface area contributed by atoms with Crippen molar-refractivity contribution in [2.24, 2.45) is 0 Å². The number of carbonyl (C=O) groups excluding carboxylic acids is 1. The van der Waals surface area contributed by atoms with E-state index in [-0.39, 0.29) is 63.4 Å². The number of nitrogen functional groups attached to an aromatic ring is 1. The first-order valence-corrected chi connectivity index (χ1v) is 16.3. The molecule has 5 rings (SSSR count). The SMILES string of the molecule is CCCN(C(=O)c1ncn[nH]1)[C@H](CC)CCc1nc2c(-c3cnc(-c4ccc(OC)c(F)c4F)nc3)cnn2c(N)c1S(C)(=O)=O. The van der Waals surface area contributed by atoms with Crippen LogP contribution in [0, 0.1) is 11.6 Å². The van der Waals surface area contributed by atoms with Gasteiger partial charge in [0.2, 0.25) is 11.6 Å². The highest BCUT2D eigenvalue weighted by molar-refractivity contribution is 7.91. The molecule has 0 bridgehead atoms. The Morgan fingerprint density at radius 2 is 1.85 bits per heavy atom. The van der Waals surface area contributed by atoms with Gasteiger partial charge in [0.05, 0.1) is 24.6 Å². The fourth-order valence-electron chi connectivity index (χ4n) is 5.31. The van der Waals surface area contributed by atoms with E-state index in [1.807, 2.05) is 13.8 Å². The molecule has 0 aliphatic carbocycles. The number of aromatic nitrogens is 8. The molecule has 17 heteroatoms. The van der Waals surface area contributed by atoms with Crippen LogP contribution in [0.2, 0.25) is 0 Å². The van der Waals surface area contributed by atoms with E-state index in [1.165, 1.54) is 48.7 Å². The van der Waals surface area contributed by atoms with Gasteiger partial charge in [0.1, 0.15) is 17.0 Å². The molecule has 0 saturated carbocycles. The number of ether oxygens (including phenoxy) is 1. The van der Waals surface area contributed by atoms with Gasteiger partial charge < -0.3 is 15.4 Å². The van der Waals surface area contributed by atoms with Crippen molar-refractivity contribution < 1.29 is 26.7 Å². The number of fused-ring (bicyclic) bond motifs is 1. The molecule has 3 N–H and O–H groups in total. The zero-order valence-corrected chi connectivity index (χ0v) is 26.3. The molecule has 1 aromatic carbocycles. The predicted molar refractivity (Wildman–Crippen MR) is 164 cm³/mol. The zero-order valence-electron chi connectivity index (χ0n) is 25.5. The maximum Gasteiger partial charge on any atom is 0.291 e. The molecule has 242 valence electrons. The second-order valence-electron chi connectivity index (χ2n) is 10.5. The van der Waals surface area contributed by atoms with Gasteiger partial charge in [-0.1, -0.05) is 13.8 Å². The van der Waals surface area contributed by atoms with Crippen molar-refractivity contribution in [1.29, 1.82) is 0 Å². The molecule has 0 unspecified atom stereocenters. The highest BCUT2D eigenvalue weighted by atomic mass is 32.2. The minimum Gasteiger partial charge on any atom is -0.494 e. The molecule has 46 heavy (non-hydrogen) atoms. The summed E-state index contributed by atoms with van der Waals surface area (Å²) in [6.45, 7) is 4.35. The van der Waals surface area contributed by atoms with Gasteiger partial charge in [-0.05, 0) is 37.8 Å². The molecule has 4 aromatic heterocycles. The summed E-state index contributed by atoms with van der Waals surface area (Å²) in [7, 11) is -2.62. The van der Waals surface area contributed by atoms with Crippen LogP contribution in [0.4, 0.5) is 14.6 Å². The Morgan fingerprint density at radius 3 is 2.46 bits per heavy atom. The number of anilines is 1. The number of H-pyrrole nitrogens is 1. The second-order valence-corrected chi connectivity index (χ2v) is 12.5. The lowest BCUT2D eigenvalue weighted by Gasteiger charge is -2.30. The van der Waals surface area contributed by atoms with Crippen molar-refractivity contribution in [2.45, 2.75) is 50.5 Å². The molecule has 14 nitrogen and oxygen atoms in total. The highest BCUT2D eigenvalue weighted by Gasteiger charge is 2.28. The molecule has 1 atom stereocenters. The number of nitrogens with zero attached hydrogens (tertiary/aromatic N) is 8. The van der Waals surface area contributed by atoms with Gasteiger partial charge in [0, 0.05) is 42.4 Å². The first-order chi connectivity index (χ1) is 22.0. The summed E-state index contributed by atoms with van der Waals surface area (Å²) in [5.41, 5.74) is 7.55. The Morgan fingerprint density at radius 1 is 1.11 bits per heavy atom. The molecule has 0 fully saturated rings. The number of nitrogens with one attached hydrogen (secondary N) is 1. The minimum atomic E-state index is -3.85. The van der Waals surface area contributed by atoms with E-state index in [0.717, 1.165) is 6.26 Å². The third kappa shape index (κ3) is 6.09. The van der Waals surface area contributed by atoms with E-state index < -0.39 is 21.5 Å². The fourth-order valence-corrected chi connectivity index (χ4v) is 6.35. The topological polar surface area (TPSA) is 187 Å². The van der Waals surface area contributed by atoms with E-state index in [0.29, 0.717) is 36.9 Å². The Kier molecular flexibility index (Phi) is 9.22. The third-order valence-electron chi connectivity index (χ3n) is 7.52. The number of hydrogen-bond acceptors (Lipinski definition) is 11. The number of methoxy groups -OCH3 is 1. The second kappa shape index (κ2) is 13.1. The van der Waals surface area contributed by atoms with Crippen LogP contribution in [0.15, 0.2) is 41.9 Å². The van der Waals surface area contributed by atoms with Gasteiger partial charge in [0.15, 0.2) is 32.9 Å². The Hall–Kier alpha value is -5.06. The number of sulfone groups is 1. The van der Waals surface area contributed by atoms with E-state index in [1.54, 1.807) is 4.90 Å². The van der Waals surface area contributed by atoms with Gasteiger partial charge >= 0.3 is 0 Å². The van der Waals surface area contributed by atoms with Crippen LogP contribution >= 0.6 is 0 Å². The number of aryl methyl sites for hydroxylation is 1. The molecule has 0 radical (unpaired) electrons. The average Bonchev–Trinajstić information content (AvgIpc) is 3.72. The van der Waals surface area contributed by atoms with E-state index >= 15 is 0 Å². The van der Waals surface area contributed by atoms with E-state index in [2.05, 4.69) is 30.2 Å².